The van der Waals surface area contributed by atoms with Crippen LogP contribution < -0.4 is 9.64 Å². The molecule has 2 heterocycles. The van der Waals surface area contributed by atoms with E-state index in [9.17, 15) is 8.96 Å². The Bertz CT molecular complexity index is 850. The minimum Gasteiger partial charge on any atom is -0.489 e. The molecule has 0 amide bonds. The maximum absolute atomic E-state index is 14.1. The SMILES string of the molecule is CC(C)Oc1cc(F)cc2c(N3CCC(CCP(=O)(O)O)CC3)ncnc12. The zero-order chi connectivity index (χ0) is 19.6. The van der Waals surface area contributed by atoms with Gasteiger partial charge in [-0.25, -0.2) is 14.4 Å². The molecule has 1 aromatic heterocycles. The highest BCUT2D eigenvalue weighted by Crippen LogP contribution is 2.38. The second-order valence-electron chi connectivity index (χ2n) is 7.27. The van der Waals surface area contributed by atoms with Crippen molar-refractivity contribution in [3.05, 3.63) is 24.3 Å². The number of aromatic nitrogens is 2. The molecule has 0 saturated carbocycles. The van der Waals surface area contributed by atoms with Crippen molar-refractivity contribution in [3.63, 3.8) is 0 Å². The van der Waals surface area contributed by atoms with E-state index >= 15 is 0 Å². The molecule has 3 rings (SSSR count). The number of hydrogen-bond acceptors (Lipinski definition) is 5. The number of anilines is 1. The lowest BCUT2D eigenvalue weighted by molar-refractivity contribution is 0.244. The Morgan fingerprint density at radius 2 is 2.00 bits per heavy atom. The van der Waals surface area contributed by atoms with E-state index in [-0.39, 0.29) is 18.2 Å². The molecule has 27 heavy (non-hydrogen) atoms. The first-order valence-corrected chi connectivity index (χ1v) is 10.9. The van der Waals surface area contributed by atoms with Gasteiger partial charge in [0, 0.05) is 24.5 Å². The zero-order valence-electron chi connectivity index (χ0n) is 15.5. The molecule has 1 aliphatic heterocycles. The molecule has 0 radical (unpaired) electrons. The first-order valence-electron chi connectivity index (χ1n) is 9.13. The molecule has 1 aromatic carbocycles. The second kappa shape index (κ2) is 8.09. The van der Waals surface area contributed by atoms with Crippen LogP contribution in [0.5, 0.6) is 5.75 Å². The molecule has 7 nitrogen and oxygen atoms in total. The van der Waals surface area contributed by atoms with E-state index in [0.717, 1.165) is 12.8 Å². The molecule has 0 aliphatic carbocycles. The monoisotopic (exact) mass is 397 g/mol. The minimum atomic E-state index is -3.95. The van der Waals surface area contributed by atoms with Gasteiger partial charge in [-0.15, -0.1) is 0 Å². The Kier molecular flexibility index (Phi) is 5.99. The van der Waals surface area contributed by atoms with Gasteiger partial charge in [-0.05, 0) is 45.1 Å². The Balaban J connectivity index is 1.80. The van der Waals surface area contributed by atoms with Crippen LogP contribution in [0.1, 0.15) is 33.1 Å². The van der Waals surface area contributed by atoms with Crippen LogP contribution in [0.15, 0.2) is 18.5 Å². The van der Waals surface area contributed by atoms with Crippen LogP contribution in [0.2, 0.25) is 0 Å². The molecule has 9 heteroatoms. The molecule has 1 fully saturated rings. The van der Waals surface area contributed by atoms with Gasteiger partial charge in [0.2, 0.25) is 0 Å². The molecule has 0 spiro atoms. The number of benzene rings is 1. The number of halogens is 1. The Hall–Kier alpha value is -1.76. The third-order valence-corrected chi connectivity index (χ3v) is 5.59. The van der Waals surface area contributed by atoms with Gasteiger partial charge in [-0.2, -0.15) is 0 Å². The standard InChI is InChI=1S/C18H25FN3O4P/c1-12(2)26-16-10-14(19)9-15-17(16)20-11-21-18(15)22-6-3-13(4-7-22)5-8-27(23,24)25/h9-13H,3-8H2,1-2H3,(H2,23,24,25). The van der Waals surface area contributed by atoms with Gasteiger partial charge >= 0.3 is 7.60 Å². The normalized spacial score (nSPS) is 16.3. The van der Waals surface area contributed by atoms with Gasteiger partial charge in [0.25, 0.3) is 0 Å². The highest BCUT2D eigenvalue weighted by Gasteiger charge is 2.25. The largest absolute Gasteiger partial charge is 0.489 e. The highest BCUT2D eigenvalue weighted by atomic mass is 31.2. The summed E-state index contributed by atoms with van der Waals surface area (Å²) in [6.07, 6.45) is 3.44. The summed E-state index contributed by atoms with van der Waals surface area (Å²) in [7, 11) is -3.95. The van der Waals surface area contributed by atoms with Crippen molar-refractivity contribution in [1.82, 2.24) is 9.97 Å². The van der Waals surface area contributed by atoms with Crippen LogP contribution in [0.4, 0.5) is 10.2 Å². The van der Waals surface area contributed by atoms with E-state index in [1.165, 1.54) is 18.5 Å². The van der Waals surface area contributed by atoms with E-state index in [1.807, 2.05) is 13.8 Å². The van der Waals surface area contributed by atoms with Gasteiger partial charge in [-0.3, -0.25) is 4.57 Å². The minimum absolute atomic E-state index is 0.0742. The molecule has 148 valence electrons. The summed E-state index contributed by atoms with van der Waals surface area (Å²) < 4.78 is 30.9. The van der Waals surface area contributed by atoms with E-state index in [1.54, 1.807) is 0 Å². The number of piperidine rings is 1. The molecular weight excluding hydrogens is 372 g/mol. The third-order valence-electron chi connectivity index (χ3n) is 4.75. The summed E-state index contributed by atoms with van der Waals surface area (Å²) >= 11 is 0. The maximum Gasteiger partial charge on any atom is 0.325 e. The van der Waals surface area contributed by atoms with Crippen LogP contribution in [0.25, 0.3) is 10.9 Å². The summed E-state index contributed by atoms with van der Waals surface area (Å²) in [6, 6.07) is 2.77. The van der Waals surface area contributed by atoms with Crippen LogP contribution in [-0.4, -0.2) is 45.1 Å². The fourth-order valence-electron chi connectivity index (χ4n) is 3.47. The quantitative estimate of drug-likeness (QED) is 0.722. The summed E-state index contributed by atoms with van der Waals surface area (Å²) in [4.78, 5) is 28.8. The summed E-state index contributed by atoms with van der Waals surface area (Å²) in [5, 5.41) is 0.613. The lowest BCUT2D eigenvalue weighted by Gasteiger charge is -2.33. The van der Waals surface area contributed by atoms with E-state index in [2.05, 4.69) is 14.9 Å². The highest BCUT2D eigenvalue weighted by molar-refractivity contribution is 7.51. The Morgan fingerprint density at radius 3 is 2.63 bits per heavy atom. The number of fused-ring (bicyclic) bond motifs is 1. The van der Waals surface area contributed by atoms with Crippen molar-refractivity contribution in [2.75, 3.05) is 24.2 Å². The number of hydrogen-bond donors (Lipinski definition) is 2. The molecule has 1 saturated heterocycles. The first kappa shape index (κ1) is 20.0. The lowest BCUT2D eigenvalue weighted by atomic mass is 9.94. The molecule has 2 aromatic rings. The zero-order valence-corrected chi connectivity index (χ0v) is 16.4. The van der Waals surface area contributed by atoms with E-state index in [4.69, 9.17) is 14.5 Å². The lowest BCUT2D eigenvalue weighted by Crippen LogP contribution is -2.34. The predicted octanol–water partition coefficient (Wildman–Crippen LogP) is 3.34. The van der Waals surface area contributed by atoms with Crippen molar-refractivity contribution >= 4 is 24.3 Å². The molecule has 0 bridgehead atoms. The Labute approximate surface area is 157 Å². The van der Waals surface area contributed by atoms with Crippen molar-refractivity contribution in [1.29, 1.82) is 0 Å². The van der Waals surface area contributed by atoms with Gasteiger partial charge < -0.3 is 19.4 Å². The van der Waals surface area contributed by atoms with Gasteiger partial charge in [0.05, 0.1) is 12.3 Å². The Morgan fingerprint density at radius 1 is 1.30 bits per heavy atom. The van der Waals surface area contributed by atoms with Crippen molar-refractivity contribution < 1.29 is 23.5 Å². The fraction of sp³-hybridized carbons (Fsp3) is 0.556. The van der Waals surface area contributed by atoms with E-state index in [0.29, 0.717) is 42.0 Å². The van der Waals surface area contributed by atoms with E-state index < -0.39 is 13.4 Å². The number of ether oxygens (including phenoxy) is 1. The fourth-order valence-corrected chi connectivity index (χ4v) is 4.17. The topological polar surface area (TPSA) is 95.8 Å². The maximum atomic E-state index is 14.1. The van der Waals surface area contributed by atoms with Gasteiger partial charge in [0.1, 0.15) is 29.2 Å². The number of nitrogens with zero attached hydrogens (tertiary/aromatic N) is 3. The smallest absolute Gasteiger partial charge is 0.325 e. The van der Waals surface area contributed by atoms with Crippen LogP contribution >= 0.6 is 7.60 Å². The molecular formula is C18H25FN3O4P. The van der Waals surface area contributed by atoms with Crippen molar-refractivity contribution in [3.8, 4) is 5.75 Å². The third kappa shape index (κ3) is 5.15. The van der Waals surface area contributed by atoms with Crippen LogP contribution in [0, 0.1) is 11.7 Å². The molecule has 0 atom stereocenters. The molecule has 0 unspecified atom stereocenters. The van der Waals surface area contributed by atoms with Gasteiger partial charge in [0.15, 0.2) is 0 Å². The molecule has 1 aliphatic rings. The van der Waals surface area contributed by atoms with Gasteiger partial charge in [-0.1, -0.05) is 0 Å². The van der Waals surface area contributed by atoms with Crippen LogP contribution in [0.3, 0.4) is 0 Å². The number of rotatable bonds is 6. The first-order chi connectivity index (χ1) is 12.7. The second-order valence-corrected chi connectivity index (χ2v) is 9.05. The average molecular weight is 397 g/mol. The average Bonchev–Trinajstić information content (AvgIpc) is 2.59. The summed E-state index contributed by atoms with van der Waals surface area (Å²) in [5.74, 6) is 0.950. The van der Waals surface area contributed by atoms with Crippen molar-refractivity contribution in [2.24, 2.45) is 5.92 Å². The molecule has 2 N–H and O–H groups in total. The van der Waals surface area contributed by atoms with Crippen molar-refractivity contribution in [2.45, 2.75) is 39.2 Å². The summed E-state index contributed by atoms with van der Waals surface area (Å²) in [6.45, 7) is 5.16. The van der Waals surface area contributed by atoms with Crippen LogP contribution in [-0.2, 0) is 4.57 Å². The predicted molar refractivity (Wildman–Crippen MR) is 102 cm³/mol. The summed E-state index contributed by atoms with van der Waals surface area (Å²) in [5.41, 5.74) is 0.582.